The second kappa shape index (κ2) is 7.71. The van der Waals surface area contributed by atoms with E-state index in [9.17, 15) is 4.39 Å². The Hall–Kier alpha value is -1.98. The van der Waals surface area contributed by atoms with E-state index in [1.165, 1.54) is 0 Å². The predicted molar refractivity (Wildman–Crippen MR) is 79.0 cm³/mol. The number of aryl methyl sites for hydroxylation is 1. The Morgan fingerprint density at radius 3 is 2.90 bits per heavy atom. The molecule has 5 heteroatoms. The maximum Gasteiger partial charge on any atom is 0.223 e. The molecular formula is C16H19FN2O2. The second-order valence-corrected chi connectivity index (χ2v) is 4.63. The standard InChI is InChI=1S/C16H19FN2O2/c1-12-5-3-7-14(15(12)17)21-16-13(6-4-8-19-16)11-18-9-10-20-2/h3-8,18H,9-11H2,1-2H3. The van der Waals surface area contributed by atoms with Gasteiger partial charge in [-0.2, -0.15) is 0 Å². The molecule has 0 unspecified atom stereocenters. The molecule has 0 aliphatic heterocycles. The van der Waals surface area contributed by atoms with Crippen LogP contribution in [0.3, 0.4) is 0 Å². The first-order valence-corrected chi connectivity index (χ1v) is 6.79. The molecule has 112 valence electrons. The van der Waals surface area contributed by atoms with Crippen molar-refractivity contribution in [1.82, 2.24) is 10.3 Å². The summed E-state index contributed by atoms with van der Waals surface area (Å²) in [5.41, 5.74) is 1.41. The van der Waals surface area contributed by atoms with E-state index in [0.717, 1.165) is 12.1 Å². The number of methoxy groups -OCH3 is 1. The Labute approximate surface area is 123 Å². The van der Waals surface area contributed by atoms with Gasteiger partial charge in [0.2, 0.25) is 5.88 Å². The molecule has 0 amide bonds. The number of nitrogens with zero attached hydrogens (tertiary/aromatic N) is 1. The molecule has 1 aromatic heterocycles. The molecule has 2 aromatic rings. The van der Waals surface area contributed by atoms with Crippen LogP contribution in [0.15, 0.2) is 36.5 Å². The highest BCUT2D eigenvalue weighted by Gasteiger charge is 2.10. The van der Waals surface area contributed by atoms with E-state index in [4.69, 9.17) is 9.47 Å². The zero-order valence-corrected chi connectivity index (χ0v) is 12.2. The fourth-order valence-corrected chi connectivity index (χ4v) is 1.85. The Kier molecular flexibility index (Phi) is 5.66. The molecule has 2 rings (SSSR count). The maximum absolute atomic E-state index is 14.0. The van der Waals surface area contributed by atoms with E-state index in [1.807, 2.05) is 12.1 Å². The first-order chi connectivity index (χ1) is 10.2. The average Bonchev–Trinajstić information content (AvgIpc) is 2.50. The van der Waals surface area contributed by atoms with Crippen molar-refractivity contribution in [3.05, 3.63) is 53.5 Å². The molecule has 1 heterocycles. The van der Waals surface area contributed by atoms with Crippen molar-refractivity contribution >= 4 is 0 Å². The van der Waals surface area contributed by atoms with Gasteiger partial charge in [0.15, 0.2) is 11.6 Å². The molecule has 1 aromatic carbocycles. The van der Waals surface area contributed by atoms with Crippen molar-refractivity contribution in [2.75, 3.05) is 20.3 Å². The largest absolute Gasteiger partial charge is 0.436 e. The van der Waals surface area contributed by atoms with Crippen LogP contribution in [0.4, 0.5) is 4.39 Å². The zero-order valence-electron chi connectivity index (χ0n) is 12.2. The minimum atomic E-state index is -0.360. The van der Waals surface area contributed by atoms with Gasteiger partial charge in [-0.3, -0.25) is 0 Å². The normalized spacial score (nSPS) is 10.6. The van der Waals surface area contributed by atoms with E-state index in [0.29, 0.717) is 24.6 Å². The molecule has 0 aliphatic carbocycles. The van der Waals surface area contributed by atoms with Gasteiger partial charge < -0.3 is 14.8 Å². The predicted octanol–water partition coefficient (Wildman–Crippen LogP) is 3.06. The highest BCUT2D eigenvalue weighted by Crippen LogP contribution is 2.26. The van der Waals surface area contributed by atoms with Crippen LogP contribution >= 0.6 is 0 Å². The number of nitrogens with one attached hydrogen (secondary N) is 1. The van der Waals surface area contributed by atoms with Crippen molar-refractivity contribution in [2.45, 2.75) is 13.5 Å². The number of pyridine rings is 1. The summed E-state index contributed by atoms with van der Waals surface area (Å²) < 4.78 is 24.6. The molecular weight excluding hydrogens is 271 g/mol. The zero-order chi connectivity index (χ0) is 15.1. The minimum Gasteiger partial charge on any atom is -0.436 e. The number of benzene rings is 1. The second-order valence-electron chi connectivity index (χ2n) is 4.63. The first-order valence-electron chi connectivity index (χ1n) is 6.79. The van der Waals surface area contributed by atoms with Gasteiger partial charge >= 0.3 is 0 Å². The number of hydrogen-bond donors (Lipinski definition) is 1. The molecule has 0 fully saturated rings. The lowest BCUT2D eigenvalue weighted by atomic mass is 10.2. The van der Waals surface area contributed by atoms with E-state index in [2.05, 4.69) is 10.3 Å². The van der Waals surface area contributed by atoms with Crippen LogP contribution in [0.5, 0.6) is 11.6 Å². The fourth-order valence-electron chi connectivity index (χ4n) is 1.85. The van der Waals surface area contributed by atoms with E-state index in [1.54, 1.807) is 38.4 Å². The van der Waals surface area contributed by atoms with Crippen LogP contribution < -0.4 is 10.1 Å². The average molecular weight is 290 g/mol. The lowest BCUT2D eigenvalue weighted by molar-refractivity contribution is 0.199. The third-order valence-electron chi connectivity index (χ3n) is 3.01. The maximum atomic E-state index is 14.0. The summed E-state index contributed by atoms with van der Waals surface area (Å²) in [5, 5.41) is 3.22. The van der Waals surface area contributed by atoms with Crippen LogP contribution in [0, 0.1) is 12.7 Å². The van der Waals surface area contributed by atoms with Crippen molar-refractivity contribution in [3.63, 3.8) is 0 Å². The third kappa shape index (κ3) is 4.24. The van der Waals surface area contributed by atoms with Gasteiger partial charge in [0, 0.05) is 32.0 Å². The summed E-state index contributed by atoms with van der Waals surface area (Å²) in [6.07, 6.45) is 1.63. The molecule has 0 radical (unpaired) electrons. The molecule has 0 atom stereocenters. The number of halogens is 1. The molecule has 0 spiro atoms. The Bertz CT molecular complexity index is 590. The molecule has 0 saturated carbocycles. The van der Waals surface area contributed by atoms with Crippen molar-refractivity contribution in [3.8, 4) is 11.6 Å². The fraction of sp³-hybridized carbons (Fsp3) is 0.312. The lowest BCUT2D eigenvalue weighted by Gasteiger charge is -2.11. The van der Waals surface area contributed by atoms with Gasteiger partial charge in [-0.25, -0.2) is 9.37 Å². The molecule has 0 aliphatic rings. The van der Waals surface area contributed by atoms with Crippen LogP contribution in [-0.4, -0.2) is 25.2 Å². The summed E-state index contributed by atoms with van der Waals surface area (Å²) >= 11 is 0. The number of ether oxygens (including phenoxy) is 2. The summed E-state index contributed by atoms with van der Waals surface area (Å²) in [4.78, 5) is 4.18. The highest BCUT2D eigenvalue weighted by atomic mass is 19.1. The summed E-state index contributed by atoms with van der Waals surface area (Å²) in [6, 6.07) is 8.78. The Balaban J connectivity index is 2.11. The number of hydrogen-bond acceptors (Lipinski definition) is 4. The topological polar surface area (TPSA) is 43.4 Å². The SMILES string of the molecule is COCCNCc1cccnc1Oc1cccc(C)c1F. The number of rotatable bonds is 7. The van der Waals surface area contributed by atoms with Gasteiger partial charge in [0.05, 0.1) is 6.61 Å². The van der Waals surface area contributed by atoms with Crippen LogP contribution in [0.2, 0.25) is 0 Å². The smallest absolute Gasteiger partial charge is 0.223 e. The van der Waals surface area contributed by atoms with Gasteiger partial charge in [0.25, 0.3) is 0 Å². The van der Waals surface area contributed by atoms with Gasteiger partial charge in [0.1, 0.15) is 0 Å². The van der Waals surface area contributed by atoms with Gasteiger partial charge in [-0.05, 0) is 24.6 Å². The monoisotopic (exact) mass is 290 g/mol. The first kappa shape index (κ1) is 15.4. The molecule has 21 heavy (non-hydrogen) atoms. The number of aromatic nitrogens is 1. The van der Waals surface area contributed by atoms with Gasteiger partial charge in [-0.15, -0.1) is 0 Å². The van der Waals surface area contributed by atoms with Crippen molar-refractivity contribution in [1.29, 1.82) is 0 Å². The Morgan fingerprint density at radius 2 is 2.10 bits per heavy atom. The van der Waals surface area contributed by atoms with Crippen LogP contribution in [-0.2, 0) is 11.3 Å². The van der Waals surface area contributed by atoms with E-state index in [-0.39, 0.29) is 11.6 Å². The van der Waals surface area contributed by atoms with Crippen molar-refractivity contribution in [2.24, 2.45) is 0 Å². The van der Waals surface area contributed by atoms with E-state index < -0.39 is 0 Å². The molecule has 4 nitrogen and oxygen atoms in total. The lowest BCUT2D eigenvalue weighted by Crippen LogP contribution is -2.19. The Morgan fingerprint density at radius 1 is 1.24 bits per heavy atom. The van der Waals surface area contributed by atoms with Gasteiger partial charge in [-0.1, -0.05) is 18.2 Å². The summed E-state index contributed by atoms with van der Waals surface area (Å²) in [5.74, 6) is 0.236. The summed E-state index contributed by atoms with van der Waals surface area (Å²) in [7, 11) is 1.65. The molecule has 0 saturated heterocycles. The molecule has 0 bridgehead atoms. The molecule has 1 N–H and O–H groups in total. The third-order valence-corrected chi connectivity index (χ3v) is 3.01. The quantitative estimate of drug-likeness (QED) is 0.796. The van der Waals surface area contributed by atoms with Crippen LogP contribution in [0.1, 0.15) is 11.1 Å². The van der Waals surface area contributed by atoms with Crippen LogP contribution in [0.25, 0.3) is 0 Å². The van der Waals surface area contributed by atoms with E-state index >= 15 is 0 Å². The minimum absolute atomic E-state index is 0.187. The van der Waals surface area contributed by atoms with Crippen molar-refractivity contribution < 1.29 is 13.9 Å². The summed E-state index contributed by atoms with van der Waals surface area (Å²) in [6.45, 7) is 3.64. The highest BCUT2D eigenvalue weighted by molar-refractivity contribution is 5.35.